The van der Waals surface area contributed by atoms with Crippen LogP contribution in [-0.2, 0) is 9.84 Å². The Bertz CT molecular complexity index is 346. The first-order chi connectivity index (χ1) is 8.27. The molecule has 1 heterocycles. The molecule has 1 saturated heterocycles. The van der Waals surface area contributed by atoms with Gasteiger partial charge < -0.3 is 5.32 Å². The predicted octanol–water partition coefficient (Wildman–Crippen LogP) is 1.27. The van der Waals surface area contributed by atoms with E-state index >= 15 is 0 Å². The Labute approximate surface area is 112 Å². The maximum absolute atomic E-state index is 11.3. The standard InChI is InChI=1S/C13H28N2O2S/c1-13(2,15-9-6-5-7-10-15)12(14-3)8-11-18(4,16)17/h12,14H,5-11H2,1-4H3. The summed E-state index contributed by atoms with van der Waals surface area (Å²) in [6.07, 6.45) is 5.82. The zero-order valence-corrected chi connectivity index (χ0v) is 13.0. The van der Waals surface area contributed by atoms with E-state index in [2.05, 4.69) is 24.1 Å². The Hall–Kier alpha value is -0.130. The molecule has 0 aromatic heterocycles. The van der Waals surface area contributed by atoms with E-state index in [1.807, 2.05) is 7.05 Å². The fraction of sp³-hybridized carbons (Fsp3) is 1.00. The highest BCUT2D eigenvalue weighted by Gasteiger charge is 2.35. The zero-order valence-electron chi connectivity index (χ0n) is 12.2. The first kappa shape index (κ1) is 15.9. The minimum absolute atomic E-state index is 0.0138. The molecule has 18 heavy (non-hydrogen) atoms. The summed E-state index contributed by atoms with van der Waals surface area (Å²) >= 11 is 0. The van der Waals surface area contributed by atoms with E-state index < -0.39 is 9.84 Å². The summed E-state index contributed by atoms with van der Waals surface area (Å²) in [7, 11) is -0.950. The fourth-order valence-corrected chi connectivity index (χ4v) is 3.54. The van der Waals surface area contributed by atoms with Gasteiger partial charge in [-0.05, 0) is 53.2 Å². The van der Waals surface area contributed by atoms with Crippen LogP contribution in [0.3, 0.4) is 0 Å². The lowest BCUT2D eigenvalue weighted by atomic mass is 9.88. The number of hydrogen-bond donors (Lipinski definition) is 1. The number of likely N-dealkylation sites (tertiary alicyclic amines) is 1. The van der Waals surface area contributed by atoms with Crippen molar-refractivity contribution >= 4 is 9.84 Å². The molecule has 0 saturated carbocycles. The third-order valence-corrected chi connectivity index (χ3v) is 5.13. The van der Waals surface area contributed by atoms with Crippen molar-refractivity contribution in [3.05, 3.63) is 0 Å². The predicted molar refractivity (Wildman–Crippen MR) is 76.7 cm³/mol. The molecule has 4 nitrogen and oxygen atoms in total. The number of nitrogens with zero attached hydrogens (tertiary/aromatic N) is 1. The van der Waals surface area contributed by atoms with Crippen LogP contribution in [0.15, 0.2) is 0 Å². The molecule has 0 amide bonds. The lowest BCUT2D eigenvalue weighted by Crippen LogP contribution is -2.58. The van der Waals surface area contributed by atoms with Gasteiger partial charge in [-0.25, -0.2) is 8.42 Å². The monoisotopic (exact) mass is 276 g/mol. The Morgan fingerprint density at radius 1 is 1.22 bits per heavy atom. The lowest BCUT2D eigenvalue weighted by Gasteiger charge is -2.46. The number of hydrogen-bond acceptors (Lipinski definition) is 4. The SMILES string of the molecule is CNC(CCS(C)(=O)=O)C(C)(C)N1CCCCC1. The van der Waals surface area contributed by atoms with E-state index in [1.54, 1.807) is 0 Å². The van der Waals surface area contributed by atoms with Crippen LogP contribution < -0.4 is 5.32 Å². The van der Waals surface area contributed by atoms with Gasteiger partial charge in [-0.3, -0.25) is 4.90 Å². The van der Waals surface area contributed by atoms with Crippen LogP contribution in [0.25, 0.3) is 0 Å². The average Bonchev–Trinajstić information content (AvgIpc) is 2.29. The van der Waals surface area contributed by atoms with Gasteiger partial charge in [-0.1, -0.05) is 6.42 Å². The van der Waals surface area contributed by atoms with Crippen molar-refractivity contribution in [3.8, 4) is 0 Å². The quantitative estimate of drug-likeness (QED) is 0.794. The molecule has 1 rings (SSSR count). The summed E-state index contributed by atoms with van der Waals surface area (Å²) in [5, 5.41) is 3.31. The highest BCUT2D eigenvalue weighted by molar-refractivity contribution is 7.90. The molecule has 1 aliphatic heterocycles. The van der Waals surface area contributed by atoms with Gasteiger partial charge in [0.1, 0.15) is 9.84 Å². The van der Waals surface area contributed by atoms with Gasteiger partial charge in [-0.2, -0.15) is 0 Å². The topological polar surface area (TPSA) is 49.4 Å². The molecule has 1 unspecified atom stereocenters. The molecule has 1 fully saturated rings. The van der Waals surface area contributed by atoms with Crippen LogP contribution in [0.4, 0.5) is 0 Å². The molecule has 0 spiro atoms. The Morgan fingerprint density at radius 3 is 2.22 bits per heavy atom. The highest BCUT2D eigenvalue weighted by Crippen LogP contribution is 2.25. The summed E-state index contributed by atoms with van der Waals surface area (Å²) in [5.74, 6) is 0.260. The second kappa shape index (κ2) is 6.35. The van der Waals surface area contributed by atoms with Gasteiger partial charge in [0.2, 0.25) is 0 Å². The molecule has 5 heteroatoms. The summed E-state index contributed by atoms with van der Waals surface area (Å²) in [4.78, 5) is 2.50. The molecular formula is C13H28N2O2S. The Balaban J connectivity index is 2.66. The van der Waals surface area contributed by atoms with Gasteiger partial charge in [-0.15, -0.1) is 0 Å². The number of sulfone groups is 1. The van der Waals surface area contributed by atoms with Gasteiger partial charge in [0, 0.05) is 17.8 Å². The molecule has 0 radical (unpaired) electrons. The zero-order chi connectivity index (χ0) is 13.8. The first-order valence-corrected chi connectivity index (χ1v) is 8.93. The summed E-state index contributed by atoms with van der Waals surface area (Å²) in [5.41, 5.74) is 0.0138. The maximum Gasteiger partial charge on any atom is 0.147 e. The number of nitrogens with one attached hydrogen (secondary N) is 1. The summed E-state index contributed by atoms with van der Waals surface area (Å²) in [6.45, 7) is 6.71. The van der Waals surface area contributed by atoms with Gasteiger partial charge in [0.25, 0.3) is 0 Å². The number of likely N-dealkylation sites (N-methyl/N-ethyl adjacent to an activating group) is 1. The van der Waals surface area contributed by atoms with Crippen molar-refractivity contribution in [3.63, 3.8) is 0 Å². The molecule has 1 atom stereocenters. The highest BCUT2D eigenvalue weighted by atomic mass is 32.2. The maximum atomic E-state index is 11.3. The third-order valence-electron chi connectivity index (χ3n) is 4.15. The molecule has 0 bridgehead atoms. The second-order valence-corrected chi connectivity index (χ2v) is 8.22. The van der Waals surface area contributed by atoms with Gasteiger partial charge >= 0.3 is 0 Å². The normalized spacial score (nSPS) is 20.9. The van der Waals surface area contributed by atoms with Crippen LogP contribution in [-0.4, -0.2) is 57.0 Å². The van der Waals surface area contributed by atoms with E-state index in [1.165, 1.54) is 25.5 Å². The van der Waals surface area contributed by atoms with Crippen LogP contribution in [0.5, 0.6) is 0 Å². The minimum atomic E-state index is -2.88. The molecule has 0 aliphatic carbocycles. The van der Waals surface area contributed by atoms with E-state index in [0.717, 1.165) is 13.1 Å². The third kappa shape index (κ3) is 4.52. The minimum Gasteiger partial charge on any atom is -0.315 e. The van der Waals surface area contributed by atoms with Crippen molar-refractivity contribution in [1.82, 2.24) is 10.2 Å². The van der Waals surface area contributed by atoms with E-state index in [-0.39, 0.29) is 17.3 Å². The van der Waals surface area contributed by atoms with Gasteiger partial charge in [0.05, 0.1) is 5.75 Å². The lowest BCUT2D eigenvalue weighted by molar-refractivity contribution is 0.0625. The summed E-state index contributed by atoms with van der Waals surface area (Å²) in [6, 6.07) is 0.213. The summed E-state index contributed by atoms with van der Waals surface area (Å²) < 4.78 is 22.6. The average molecular weight is 276 g/mol. The molecule has 0 aromatic rings. The first-order valence-electron chi connectivity index (χ1n) is 6.87. The molecule has 1 N–H and O–H groups in total. The van der Waals surface area contributed by atoms with Crippen LogP contribution >= 0.6 is 0 Å². The van der Waals surface area contributed by atoms with E-state index in [0.29, 0.717) is 6.42 Å². The van der Waals surface area contributed by atoms with Crippen LogP contribution in [0.2, 0.25) is 0 Å². The smallest absolute Gasteiger partial charge is 0.147 e. The Morgan fingerprint density at radius 2 is 1.78 bits per heavy atom. The van der Waals surface area contributed by atoms with E-state index in [4.69, 9.17) is 0 Å². The van der Waals surface area contributed by atoms with E-state index in [9.17, 15) is 8.42 Å². The second-order valence-electron chi connectivity index (χ2n) is 5.96. The van der Waals surface area contributed by atoms with Crippen molar-refractivity contribution < 1.29 is 8.42 Å². The molecule has 108 valence electrons. The molecular weight excluding hydrogens is 248 g/mol. The fourth-order valence-electron chi connectivity index (χ4n) is 2.87. The van der Waals surface area contributed by atoms with Crippen molar-refractivity contribution in [2.24, 2.45) is 0 Å². The van der Waals surface area contributed by atoms with Crippen molar-refractivity contribution in [2.75, 3.05) is 32.1 Å². The van der Waals surface area contributed by atoms with Gasteiger partial charge in [0.15, 0.2) is 0 Å². The number of piperidine rings is 1. The van der Waals surface area contributed by atoms with Crippen LogP contribution in [0.1, 0.15) is 39.5 Å². The van der Waals surface area contributed by atoms with Crippen molar-refractivity contribution in [2.45, 2.75) is 51.1 Å². The molecule has 0 aromatic carbocycles. The van der Waals surface area contributed by atoms with Crippen molar-refractivity contribution in [1.29, 1.82) is 0 Å². The molecule has 1 aliphatic rings. The largest absolute Gasteiger partial charge is 0.315 e. The number of rotatable bonds is 6. The van der Waals surface area contributed by atoms with Crippen LogP contribution in [0, 0.1) is 0 Å². The Kier molecular flexibility index (Phi) is 5.62.